The zero-order valence-corrected chi connectivity index (χ0v) is 6.36. The molecule has 0 bridgehead atoms. The van der Waals surface area contributed by atoms with Gasteiger partial charge in [0.15, 0.2) is 0 Å². The molecule has 0 fully saturated rings. The lowest BCUT2D eigenvalue weighted by Crippen LogP contribution is -2.24. The van der Waals surface area contributed by atoms with Gasteiger partial charge in [0.2, 0.25) is 10.0 Å². The van der Waals surface area contributed by atoms with E-state index in [4.69, 9.17) is 4.74 Å². The Hall–Kier alpha value is -0.130. The van der Waals surface area contributed by atoms with Crippen LogP contribution < -0.4 is 4.72 Å². The van der Waals surface area contributed by atoms with Crippen LogP contribution in [0.2, 0.25) is 0 Å². The van der Waals surface area contributed by atoms with Crippen LogP contribution in [0, 0.1) is 0 Å². The summed E-state index contributed by atoms with van der Waals surface area (Å²) in [5, 5.41) is 0. The van der Waals surface area contributed by atoms with E-state index in [2.05, 4.69) is 4.72 Å². The number of ether oxygens (including phenoxy) is 1. The molecule has 0 spiro atoms. The molecule has 0 aromatic heterocycles. The zero-order chi connectivity index (χ0) is 7.33. The smallest absolute Gasteiger partial charge is 0.210 e. The van der Waals surface area contributed by atoms with Crippen molar-refractivity contribution >= 4 is 10.0 Å². The molecule has 0 aromatic carbocycles. The number of hydrogen-bond donors (Lipinski definition) is 1. The monoisotopic (exact) mass is 153 g/mol. The van der Waals surface area contributed by atoms with Crippen molar-refractivity contribution in [1.29, 1.82) is 0 Å². The first-order chi connectivity index (χ1) is 4.06. The third kappa shape index (κ3) is 7.87. The van der Waals surface area contributed by atoms with Crippen molar-refractivity contribution in [3.05, 3.63) is 0 Å². The fourth-order valence-corrected chi connectivity index (χ4v) is 0.548. The van der Waals surface area contributed by atoms with Gasteiger partial charge in [-0.2, -0.15) is 4.72 Å². The van der Waals surface area contributed by atoms with Gasteiger partial charge in [0.25, 0.3) is 0 Å². The van der Waals surface area contributed by atoms with Crippen LogP contribution in [0.3, 0.4) is 0 Å². The molecule has 0 amide bonds. The van der Waals surface area contributed by atoms with Gasteiger partial charge in [0.05, 0.1) is 6.26 Å². The van der Waals surface area contributed by atoms with Crippen molar-refractivity contribution < 1.29 is 13.2 Å². The van der Waals surface area contributed by atoms with E-state index in [-0.39, 0.29) is 6.73 Å². The van der Waals surface area contributed by atoms with Gasteiger partial charge in [-0.3, -0.25) is 0 Å². The van der Waals surface area contributed by atoms with Gasteiger partial charge in [-0.25, -0.2) is 8.42 Å². The molecule has 0 heterocycles. The molecule has 4 nitrogen and oxygen atoms in total. The minimum Gasteiger partial charge on any atom is -0.366 e. The molecular formula is C4H11NO3S. The SMILES string of the molecule is CCOCNS(C)(=O)=O. The van der Waals surface area contributed by atoms with E-state index in [0.717, 1.165) is 6.26 Å². The van der Waals surface area contributed by atoms with E-state index < -0.39 is 10.0 Å². The summed E-state index contributed by atoms with van der Waals surface area (Å²) in [6.07, 6.45) is 1.09. The Morgan fingerprint density at radius 1 is 1.56 bits per heavy atom. The highest BCUT2D eigenvalue weighted by molar-refractivity contribution is 7.88. The molecule has 5 heteroatoms. The minimum atomic E-state index is -3.07. The molecular weight excluding hydrogens is 142 g/mol. The summed E-state index contributed by atoms with van der Waals surface area (Å²) in [6, 6.07) is 0. The Balaban J connectivity index is 3.30. The van der Waals surface area contributed by atoms with Crippen LogP contribution in [0.1, 0.15) is 6.92 Å². The average Bonchev–Trinajstić information content (AvgIpc) is 1.63. The Morgan fingerprint density at radius 2 is 2.11 bits per heavy atom. The molecule has 0 aromatic rings. The van der Waals surface area contributed by atoms with E-state index in [0.29, 0.717) is 6.61 Å². The average molecular weight is 153 g/mol. The van der Waals surface area contributed by atoms with Crippen LogP contribution in [0.15, 0.2) is 0 Å². The maximum atomic E-state index is 10.3. The molecule has 0 radical (unpaired) electrons. The molecule has 0 aliphatic heterocycles. The summed E-state index contributed by atoms with van der Waals surface area (Å²) >= 11 is 0. The summed E-state index contributed by atoms with van der Waals surface area (Å²) in [6.45, 7) is 2.38. The van der Waals surface area contributed by atoms with Gasteiger partial charge < -0.3 is 4.74 Å². The standard InChI is InChI=1S/C4H11NO3S/c1-3-8-4-5-9(2,6)7/h5H,3-4H2,1-2H3. The largest absolute Gasteiger partial charge is 0.366 e. The molecule has 0 unspecified atom stereocenters. The number of sulfonamides is 1. The number of nitrogens with one attached hydrogen (secondary N) is 1. The van der Waals surface area contributed by atoms with Crippen LogP contribution in [0.5, 0.6) is 0 Å². The highest BCUT2D eigenvalue weighted by Crippen LogP contribution is 1.73. The van der Waals surface area contributed by atoms with E-state index in [9.17, 15) is 8.42 Å². The molecule has 0 atom stereocenters. The second kappa shape index (κ2) is 3.81. The molecule has 0 aliphatic carbocycles. The topological polar surface area (TPSA) is 55.4 Å². The van der Waals surface area contributed by atoms with E-state index in [1.807, 2.05) is 0 Å². The van der Waals surface area contributed by atoms with Crippen molar-refractivity contribution in [2.24, 2.45) is 0 Å². The lowest BCUT2D eigenvalue weighted by molar-refractivity contribution is 0.144. The van der Waals surface area contributed by atoms with Crippen LogP contribution in [0.25, 0.3) is 0 Å². The Morgan fingerprint density at radius 3 is 2.44 bits per heavy atom. The Labute approximate surface area is 55.3 Å². The molecule has 9 heavy (non-hydrogen) atoms. The Kier molecular flexibility index (Phi) is 3.76. The van der Waals surface area contributed by atoms with Crippen molar-refractivity contribution in [2.75, 3.05) is 19.6 Å². The van der Waals surface area contributed by atoms with Gasteiger partial charge in [0.1, 0.15) is 6.73 Å². The normalized spacial score (nSPS) is 11.8. The van der Waals surface area contributed by atoms with Crippen LogP contribution in [0.4, 0.5) is 0 Å². The van der Waals surface area contributed by atoms with E-state index in [1.165, 1.54) is 0 Å². The van der Waals surface area contributed by atoms with Gasteiger partial charge in [-0.1, -0.05) is 0 Å². The van der Waals surface area contributed by atoms with E-state index >= 15 is 0 Å². The minimum absolute atomic E-state index is 0.0648. The summed E-state index contributed by atoms with van der Waals surface area (Å²) in [5.74, 6) is 0. The summed E-state index contributed by atoms with van der Waals surface area (Å²) in [7, 11) is -3.07. The van der Waals surface area contributed by atoms with Crippen LogP contribution >= 0.6 is 0 Å². The highest BCUT2D eigenvalue weighted by atomic mass is 32.2. The molecule has 1 N–H and O–H groups in total. The maximum Gasteiger partial charge on any atom is 0.210 e. The van der Waals surface area contributed by atoms with Crippen LogP contribution in [-0.2, 0) is 14.8 Å². The molecule has 0 aliphatic rings. The van der Waals surface area contributed by atoms with Crippen LogP contribution in [-0.4, -0.2) is 28.0 Å². The zero-order valence-electron chi connectivity index (χ0n) is 5.55. The highest BCUT2D eigenvalue weighted by Gasteiger charge is 1.96. The second-order valence-corrected chi connectivity index (χ2v) is 3.39. The molecule has 56 valence electrons. The maximum absolute atomic E-state index is 10.3. The van der Waals surface area contributed by atoms with Gasteiger partial charge in [-0.05, 0) is 6.92 Å². The van der Waals surface area contributed by atoms with Crippen molar-refractivity contribution in [1.82, 2.24) is 4.72 Å². The van der Waals surface area contributed by atoms with Gasteiger partial charge >= 0.3 is 0 Å². The van der Waals surface area contributed by atoms with E-state index in [1.54, 1.807) is 6.92 Å². The fourth-order valence-electron chi connectivity index (χ4n) is 0.251. The predicted octanol–water partition coefficient (Wildman–Crippen LogP) is -0.470. The number of hydrogen-bond acceptors (Lipinski definition) is 3. The summed E-state index contributed by atoms with van der Waals surface area (Å²) < 4.78 is 27.5. The first-order valence-electron chi connectivity index (χ1n) is 2.58. The summed E-state index contributed by atoms with van der Waals surface area (Å²) in [5.41, 5.74) is 0. The van der Waals surface area contributed by atoms with Crippen molar-refractivity contribution in [3.8, 4) is 0 Å². The molecule has 0 saturated heterocycles. The third-order valence-corrected chi connectivity index (χ3v) is 1.27. The van der Waals surface area contributed by atoms with Gasteiger partial charge in [-0.15, -0.1) is 0 Å². The summed E-state index contributed by atoms with van der Waals surface area (Å²) in [4.78, 5) is 0. The molecule has 0 rings (SSSR count). The van der Waals surface area contributed by atoms with Gasteiger partial charge in [0, 0.05) is 6.61 Å². The molecule has 0 saturated carbocycles. The lowest BCUT2D eigenvalue weighted by atomic mass is 10.9. The van der Waals surface area contributed by atoms with Crippen molar-refractivity contribution in [3.63, 3.8) is 0 Å². The fraction of sp³-hybridized carbons (Fsp3) is 1.00. The lowest BCUT2D eigenvalue weighted by Gasteiger charge is -1.99. The van der Waals surface area contributed by atoms with Crippen molar-refractivity contribution in [2.45, 2.75) is 6.92 Å². The first-order valence-corrected chi connectivity index (χ1v) is 4.48. The number of rotatable bonds is 4. The Bertz CT molecular complexity index is 151. The third-order valence-electron chi connectivity index (χ3n) is 0.627. The first kappa shape index (κ1) is 8.87. The quantitative estimate of drug-likeness (QED) is 0.439. The second-order valence-electron chi connectivity index (χ2n) is 1.55. The predicted molar refractivity (Wildman–Crippen MR) is 34.5 cm³/mol.